The third-order valence-electron chi connectivity index (χ3n) is 15.1. The van der Waals surface area contributed by atoms with Crippen LogP contribution in [0.5, 0.6) is 0 Å². The van der Waals surface area contributed by atoms with Gasteiger partial charge in [0.05, 0.1) is 11.1 Å². The van der Waals surface area contributed by atoms with Crippen molar-refractivity contribution in [1.29, 1.82) is 0 Å². The summed E-state index contributed by atoms with van der Waals surface area (Å²) in [5, 5.41) is 7.01. The van der Waals surface area contributed by atoms with Crippen molar-refractivity contribution < 1.29 is 4.42 Å². The van der Waals surface area contributed by atoms with Gasteiger partial charge in [0.2, 0.25) is 0 Å². The molecule has 13 aromatic carbocycles. The van der Waals surface area contributed by atoms with E-state index in [0.717, 1.165) is 61.3 Å². The molecule has 0 saturated heterocycles. The van der Waals surface area contributed by atoms with E-state index in [-0.39, 0.29) is 0 Å². The lowest BCUT2D eigenvalue weighted by Gasteiger charge is -2.27. The first-order chi connectivity index (χ1) is 37.7. The minimum Gasteiger partial charge on any atom is -0.455 e. The standard InChI is InChI=1S/C74H49NO/c1-3-18-50(19-4-1)57-40-45-67(70(49-57)54-20-5-2-6-21-54)65-31-12-11-30-63(65)55-38-43-60(44-39-55)75(59-41-36-51(37-42-59)56-26-15-27-58(48-56)64-33-16-24-52-22-7-9-28-61(52)64)71-47-46-68(66-34-17-25-53-23-8-10-29-62(53)66)74-73(71)69-32-13-14-35-72(69)76-74/h1-49H. The van der Waals surface area contributed by atoms with E-state index in [4.69, 9.17) is 4.42 Å². The fourth-order valence-corrected chi connectivity index (χ4v) is 11.4. The Morgan fingerprint density at radius 2 is 0.684 bits per heavy atom. The Labute approximate surface area is 442 Å². The van der Waals surface area contributed by atoms with E-state index in [9.17, 15) is 0 Å². The summed E-state index contributed by atoms with van der Waals surface area (Å²) in [7, 11) is 0. The highest BCUT2D eigenvalue weighted by atomic mass is 16.3. The van der Waals surface area contributed by atoms with Crippen LogP contribution < -0.4 is 4.90 Å². The quantitative estimate of drug-likeness (QED) is 0.136. The third kappa shape index (κ3) is 8.01. The first kappa shape index (κ1) is 44.7. The highest BCUT2D eigenvalue weighted by Gasteiger charge is 2.24. The first-order valence-corrected chi connectivity index (χ1v) is 26.1. The largest absolute Gasteiger partial charge is 0.455 e. The zero-order valence-electron chi connectivity index (χ0n) is 41.6. The molecule has 0 radical (unpaired) electrons. The average Bonchev–Trinajstić information content (AvgIpc) is 3.90. The number of rotatable bonds is 10. The normalized spacial score (nSPS) is 11.4. The molecule has 2 nitrogen and oxygen atoms in total. The van der Waals surface area contributed by atoms with Crippen LogP contribution in [0.2, 0.25) is 0 Å². The van der Waals surface area contributed by atoms with Crippen LogP contribution in [0.25, 0.3) is 121 Å². The van der Waals surface area contributed by atoms with Crippen molar-refractivity contribution in [3.05, 3.63) is 297 Å². The zero-order chi connectivity index (χ0) is 50.4. The molecule has 0 saturated carbocycles. The molecule has 356 valence electrons. The summed E-state index contributed by atoms with van der Waals surface area (Å²) in [5.41, 5.74) is 21.2. The van der Waals surface area contributed by atoms with Gasteiger partial charge in [-0.15, -0.1) is 0 Å². The van der Waals surface area contributed by atoms with Crippen molar-refractivity contribution in [3.8, 4) is 77.9 Å². The summed E-state index contributed by atoms with van der Waals surface area (Å²) in [6.45, 7) is 0. The van der Waals surface area contributed by atoms with Crippen molar-refractivity contribution in [2.24, 2.45) is 0 Å². The second-order valence-corrected chi connectivity index (χ2v) is 19.5. The van der Waals surface area contributed by atoms with Crippen LogP contribution in [-0.4, -0.2) is 0 Å². The zero-order valence-corrected chi connectivity index (χ0v) is 41.6. The fourth-order valence-electron chi connectivity index (χ4n) is 11.4. The first-order valence-electron chi connectivity index (χ1n) is 26.1. The molecule has 0 atom stereocenters. The van der Waals surface area contributed by atoms with Crippen LogP contribution in [0, 0.1) is 0 Å². The van der Waals surface area contributed by atoms with Gasteiger partial charge in [0.25, 0.3) is 0 Å². The van der Waals surface area contributed by atoms with Crippen LogP contribution in [0.1, 0.15) is 0 Å². The highest BCUT2D eigenvalue weighted by molar-refractivity contribution is 6.18. The summed E-state index contributed by atoms with van der Waals surface area (Å²) < 4.78 is 6.98. The van der Waals surface area contributed by atoms with Gasteiger partial charge >= 0.3 is 0 Å². The fraction of sp³-hybridized carbons (Fsp3) is 0. The third-order valence-corrected chi connectivity index (χ3v) is 15.1. The van der Waals surface area contributed by atoms with Gasteiger partial charge in [0.15, 0.2) is 0 Å². The predicted octanol–water partition coefficient (Wildman–Crippen LogP) is 21.0. The minimum atomic E-state index is 0.853. The molecule has 0 amide bonds. The average molecular weight is 968 g/mol. The predicted molar refractivity (Wildman–Crippen MR) is 321 cm³/mol. The molecule has 76 heavy (non-hydrogen) atoms. The molecule has 0 aliphatic carbocycles. The van der Waals surface area contributed by atoms with Gasteiger partial charge in [0.1, 0.15) is 11.2 Å². The molecule has 0 unspecified atom stereocenters. The lowest BCUT2D eigenvalue weighted by molar-refractivity contribution is 0.670. The van der Waals surface area contributed by atoms with E-state index in [0.29, 0.717) is 0 Å². The molecule has 0 spiro atoms. The van der Waals surface area contributed by atoms with Gasteiger partial charge in [0, 0.05) is 22.3 Å². The monoisotopic (exact) mass is 967 g/mol. The molecule has 0 N–H and O–H groups in total. The summed E-state index contributed by atoms with van der Waals surface area (Å²) in [6, 6.07) is 108. The Morgan fingerprint density at radius 1 is 0.237 bits per heavy atom. The van der Waals surface area contributed by atoms with E-state index >= 15 is 0 Å². The van der Waals surface area contributed by atoms with E-state index in [1.807, 2.05) is 0 Å². The van der Waals surface area contributed by atoms with E-state index in [1.165, 1.54) is 77.2 Å². The van der Waals surface area contributed by atoms with Gasteiger partial charge < -0.3 is 9.32 Å². The van der Waals surface area contributed by atoms with Gasteiger partial charge in [-0.25, -0.2) is 0 Å². The molecular weight excluding hydrogens is 919 g/mol. The molecule has 0 aliphatic rings. The van der Waals surface area contributed by atoms with Crippen molar-refractivity contribution in [1.82, 2.24) is 0 Å². The number of furan rings is 1. The van der Waals surface area contributed by atoms with Gasteiger partial charge in [-0.3, -0.25) is 0 Å². The Hall–Kier alpha value is -10.0. The lowest BCUT2D eigenvalue weighted by atomic mass is 9.87. The summed E-state index contributed by atoms with van der Waals surface area (Å²) in [5.74, 6) is 0. The van der Waals surface area contributed by atoms with Crippen molar-refractivity contribution >= 4 is 60.5 Å². The van der Waals surface area contributed by atoms with Crippen molar-refractivity contribution in [2.45, 2.75) is 0 Å². The Kier molecular flexibility index (Phi) is 11.2. The van der Waals surface area contributed by atoms with Crippen LogP contribution in [0.4, 0.5) is 17.1 Å². The topological polar surface area (TPSA) is 16.4 Å². The summed E-state index contributed by atoms with van der Waals surface area (Å²) in [4.78, 5) is 2.40. The van der Waals surface area contributed by atoms with Crippen molar-refractivity contribution in [3.63, 3.8) is 0 Å². The molecule has 1 aromatic heterocycles. The van der Waals surface area contributed by atoms with Gasteiger partial charge in [-0.2, -0.15) is 0 Å². The maximum Gasteiger partial charge on any atom is 0.145 e. The SMILES string of the molecule is c1ccc(-c2ccc(-c3ccccc3-c3ccc(N(c4ccc(-c5cccc(-c6cccc7ccccc67)c5)cc4)c4ccc(-c5cccc6ccccc56)c5oc6ccccc6c45)cc3)c(-c3ccccc3)c2)cc1. The summed E-state index contributed by atoms with van der Waals surface area (Å²) >= 11 is 0. The lowest BCUT2D eigenvalue weighted by Crippen LogP contribution is -2.10. The minimum absolute atomic E-state index is 0.853. The number of hydrogen-bond donors (Lipinski definition) is 0. The molecule has 0 bridgehead atoms. The molecule has 0 aliphatic heterocycles. The van der Waals surface area contributed by atoms with E-state index in [2.05, 4.69) is 302 Å². The van der Waals surface area contributed by atoms with Crippen LogP contribution in [0.3, 0.4) is 0 Å². The summed E-state index contributed by atoms with van der Waals surface area (Å²) in [6.07, 6.45) is 0. The number of hydrogen-bond acceptors (Lipinski definition) is 2. The number of anilines is 3. The number of nitrogens with zero attached hydrogens (tertiary/aromatic N) is 1. The van der Waals surface area contributed by atoms with Crippen LogP contribution in [0.15, 0.2) is 302 Å². The Morgan fingerprint density at radius 3 is 1.41 bits per heavy atom. The van der Waals surface area contributed by atoms with E-state index < -0.39 is 0 Å². The van der Waals surface area contributed by atoms with E-state index in [1.54, 1.807) is 0 Å². The van der Waals surface area contributed by atoms with Crippen LogP contribution >= 0.6 is 0 Å². The second-order valence-electron chi connectivity index (χ2n) is 19.5. The molecule has 1 heterocycles. The number of para-hydroxylation sites is 1. The Balaban J connectivity index is 0.914. The smallest absolute Gasteiger partial charge is 0.145 e. The van der Waals surface area contributed by atoms with Crippen molar-refractivity contribution in [2.75, 3.05) is 4.90 Å². The highest BCUT2D eigenvalue weighted by Crippen LogP contribution is 2.48. The number of fused-ring (bicyclic) bond motifs is 5. The Bertz CT molecular complexity index is 4430. The molecule has 2 heteroatoms. The molecule has 14 rings (SSSR count). The maximum absolute atomic E-state index is 6.98. The molecule has 14 aromatic rings. The maximum atomic E-state index is 6.98. The van der Waals surface area contributed by atoms with Gasteiger partial charge in [-0.1, -0.05) is 243 Å². The second kappa shape index (κ2) is 19.1. The number of benzene rings is 13. The molecular formula is C74H49NO. The molecule has 0 fully saturated rings. The van der Waals surface area contributed by atoms with Crippen LogP contribution in [-0.2, 0) is 0 Å². The van der Waals surface area contributed by atoms with Gasteiger partial charge in [-0.05, 0) is 148 Å².